The zero-order valence-electron chi connectivity index (χ0n) is 37.1. The van der Waals surface area contributed by atoms with Crippen LogP contribution in [0, 0.1) is 0 Å². The van der Waals surface area contributed by atoms with E-state index in [0.717, 1.165) is 5.56 Å². The largest absolute Gasteiger partial charge is 0.497 e. The van der Waals surface area contributed by atoms with Crippen LogP contribution in [0.25, 0.3) is 0 Å². The summed E-state index contributed by atoms with van der Waals surface area (Å²) < 4.78 is 39.3. The third-order valence-electron chi connectivity index (χ3n) is 11.4. The molecule has 0 saturated carbocycles. The predicted octanol–water partition coefficient (Wildman–Crippen LogP) is 6.98. The van der Waals surface area contributed by atoms with Crippen LogP contribution in [0.2, 0.25) is 18.1 Å². The Kier molecular flexibility index (Phi) is 17.2. The lowest BCUT2D eigenvalue weighted by Gasteiger charge is -2.44. The number of aromatic nitrogens is 2. The number of rotatable bonds is 18. The number of carboxylic acid groups (broad SMARTS) is 1. The van der Waals surface area contributed by atoms with Gasteiger partial charge in [-0.25, -0.2) is 4.79 Å². The Morgan fingerprint density at radius 1 is 0.787 bits per heavy atom. The van der Waals surface area contributed by atoms with Gasteiger partial charge in [0.05, 0.1) is 27.1 Å². The number of aromatic amines is 1. The summed E-state index contributed by atoms with van der Waals surface area (Å²) >= 11 is 0. The molecule has 2 N–H and O–H groups in total. The van der Waals surface area contributed by atoms with Crippen molar-refractivity contribution in [3.8, 4) is 11.5 Å². The van der Waals surface area contributed by atoms with E-state index in [4.69, 9.17) is 28.1 Å². The highest BCUT2D eigenvalue weighted by Crippen LogP contribution is 2.48. The molecular weight excluding hydrogens is 799 g/mol. The summed E-state index contributed by atoms with van der Waals surface area (Å²) in [4.78, 5) is 54.4. The number of carboxylic acids is 1. The molecule has 0 unspecified atom stereocenters. The molecule has 0 radical (unpaired) electrons. The third-order valence-corrected chi connectivity index (χ3v) is 15.9. The van der Waals surface area contributed by atoms with E-state index in [0.29, 0.717) is 22.6 Å². The predicted molar refractivity (Wildman–Crippen MR) is 236 cm³/mol. The van der Waals surface area contributed by atoms with Crippen LogP contribution in [0.5, 0.6) is 11.5 Å². The van der Waals surface area contributed by atoms with E-state index >= 15 is 0 Å². The van der Waals surface area contributed by atoms with Crippen molar-refractivity contribution in [2.45, 2.75) is 103 Å². The molecule has 1 fully saturated rings. The number of carbonyl (C=O) groups is 2. The average Bonchev–Trinajstić information content (AvgIpc) is 3.56. The van der Waals surface area contributed by atoms with Gasteiger partial charge in [-0.3, -0.25) is 23.9 Å². The fourth-order valence-corrected chi connectivity index (χ4v) is 8.12. The minimum Gasteiger partial charge on any atom is -0.497 e. The van der Waals surface area contributed by atoms with E-state index in [2.05, 4.69) is 64.5 Å². The highest BCUT2D eigenvalue weighted by atomic mass is 28.4. The molecule has 4 atom stereocenters. The maximum absolute atomic E-state index is 13.4. The van der Waals surface area contributed by atoms with E-state index in [1.807, 2.05) is 78.9 Å². The normalized spacial score (nSPS) is 18.0. The number of benzene rings is 3. The lowest BCUT2D eigenvalue weighted by molar-refractivity contribution is -0.156. The highest BCUT2D eigenvalue weighted by Gasteiger charge is 2.55. The number of nitrogens with one attached hydrogen (secondary N) is 1. The maximum Gasteiger partial charge on any atom is 0.330 e. The molecule has 3 aromatic carbocycles. The standard InChI is InChI=1S/C40H48N2O11Si.C6H15N/c1-39(2,3)54(6,7)53-36-35(31(25-50-34(46)22-21-33(44)45)51-37(36)42-24-23-32(43)41-38(42)47)52-40(26-11-9-8-10-12-26,27-13-17-29(48-4)18-14-27)28-15-19-30(49-5)20-16-28;1-4-7(5-2)6-3/h8-20,23-24,31,35-37H,21-22,25H2,1-7H3,(H,44,45)(H,41,43,47);4-6H2,1-3H3/t31-,35-,36-,37-;/m1./s1. The number of hydrogen-bond donors (Lipinski definition) is 2. The molecule has 2 heterocycles. The Morgan fingerprint density at radius 3 is 1.75 bits per heavy atom. The molecule has 1 aromatic heterocycles. The van der Waals surface area contributed by atoms with Crippen molar-refractivity contribution in [3.63, 3.8) is 0 Å². The average molecular weight is 862 g/mol. The van der Waals surface area contributed by atoms with Gasteiger partial charge in [0.15, 0.2) is 14.5 Å². The Bertz CT molecular complexity index is 2060. The molecule has 5 rings (SSSR count). The van der Waals surface area contributed by atoms with Crippen LogP contribution in [0.15, 0.2) is 101 Å². The van der Waals surface area contributed by atoms with E-state index in [-0.39, 0.29) is 18.1 Å². The molecular formula is C46H63N3O11Si. The van der Waals surface area contributed by atoms with Crippen LogP contribution < -0.4 is 20.7 Å². The third kappa shape index (κ3) is 12.1. The van der Waals surface area contributed by atoms with E-state index < -0.39 is 68.1 Å². The summed E-state index contributed by atoms with van der Waals surface area (Å²) in [5, 5.41) is 8.88. The number of esters is 1. The van der Waals surface area contributed by atoms with Gasteiger partial charge in [-0.2, -0.15) is 0 Å². The van der Waals surface area contributed by atoms with Crippen LogP contribution in [0.3, 0.4) is 0 Å². The van der Waals surface area contributed by atoms with Gasteiger partial charge in [-0.1, -0.05) is 96.1 Å². The molecule has 0 aliphatic carbocycles. The monoisotopic (exact) mass is 861 g/mol. The van der Waals surface area contributed by atoms with Crippen LogP contribution in [0.4, 0.5) is 0 Å². The lowest BCUT2D eigenvalue weighted by Crippen LogP contribution is -2.52. The van der Waals surface area contributed by atoms with Crippen molar-refractivity contribution in [1.82, 2.24) is 14.5 Å². The molecule has 0 amide bonds. The summed E-state index contributed by atoms with van der Waals surface area (Å²) in [6.07, 6.45) is -3.65. The summed E-state index contributed by atoms with van der Waals surface area (Å²) in [7, 11) is 0.460. The molecule has 332 valence electrons. The van der Waals surface area contributed by atoms with Gasteiger partial charge in [0.1, 0.15) is 42.0 Å². The number of methoxy groups -OCH3 is 2. The van der Waals surface area contributed by atoms with Gasteiger partial charge in [-0.05, 0) is 78.7 Å². The van der Waals surface area contributed by atoms with Crippen LogP contribution in [-0.4, -0.2) is 98.6 Å². The van der Waals surface area contributed by atoms with Gasteiger partial charge in [-0.15, -0.1) is 0 Å². The van der Waals surface area contributed by atoms with Gasteiger partial charge in [0.25, 0.3) is 5.56 Å². The Hall–Kier alpha value is -5.06. The molecule has 61 heavy (non-hydrogen) atoms. The lowest BCUT2D eigenvalue weighted by atomic mass is 9.79. The van der Waals surface area contributed by atoms with Gasteiger partial charge in [0.2, 0.25) is 0 Å². The van der Waals surface area contributed by atoms with Crippen molar-refractivity contribution < 1.29 is 42.8 Å². The Balaban J connectivity index is 0.00000107. The minimum atomic E-state index is -2.71. The molecule has 1 saturated heterocycles. The fraction of sp³-hybridized carbons (Fsp3) is 0.478. The van der Waals surface area contributed by atoms with Crippen molar-refractivity contribution in [2.24, 2.45) is 0 Å². The zero-order valence-corrected chi connectivity index (χ0v) is 38.1. The fourth-order valence-electron chi connectivity index (χ4n) is 6.84. The van der Waals surface area contributed by atoms with Gasteiger partial charge < -0.3 is 38.1 Å². The summed E-state index contributed by atoms with van der Waals surface area (Å²) in [6.45, 7) is 20.1. The van der Waals surface area contributed by atoms with Crippen molar-refractivity contribution in [2.75, 3.05) is 40.5 Å². The first-order valence-corrected chi connectivity index (χ1v) is 23.6. The van der Waals surface area contributed by atoms with Crippen molar-refractivity contribution >= 4 is 20.3 Å². The van der Waals surface area contributed by atoms with E-state index in [1.54, 1.807) is 14.2 Å². The Morgan fingerprint density at radius 2 is 1.31 bits per heavy atom. The summed E-state index contributed by atoms with van der Waals surface area (Å²) in [5.41, 5.74) is -0.517. The van der Waals surface area contributed by atoms with Crippen molar-refractivity contribution in [3.05, 3.63) is 129 Å². The Labute approximate surface area is 359 Å². The van der Waals surface area contributed by atoms with Crippen molar-refractivity contribution in [1.29, 1.82) is 0 Å². The number of nitrogens with zero attached hydrogens (tertiary/aromatic N) is 2. The first-order chi connectivity index (χ1) is 28.9. The molecule has 4 aromatic rings. The second-order valence-electron chi connectivity index (χ2n) is 16.2. The second kappa shape index (κ2) is 21.6. The summed E-state index contributed by atoms with van der Waals surface area (Å²) in [5.74, 6) is -0.631. The van der Waals surface area contributed by atoms with Crippen LogP contribution >= 0.6 is 0 Å². The molecule has 1 aliphatic heterocycles. The van der Waals surface area contributed by atoms with E-state index in [9.17, 15) is 24.3 Å². The van der Waals surface area contributed by atoms with Crippen LogP contribution in [-0.2, 0) is 33.8 Å². The maximum atomic E-state index is 13.4. The number of hydrogen-bond acceptors (Lipinski definition) is 11. The minimum absolute atomic E-state index is 0.304. The molecule has 15 heteroatoms. The first kappa shape index (κ1) is 48.6. The number of aliphatic carboxylic acids is 1. The van der Waals surface area contributed by atoms with Gasteiger partial charge >= 0.3 is 17.6 Å². The molecule has 1 aliphatic rings. The van der Waals surface area contributed by atoms with Crippen LogP contribution in [0.1, 0.15) is 77.3 Å². The number of H-pyrrole nitrogens is 1. The summed E-state index contributed by atoms with van der Waals surface area (Å²) in [6, 6.07) is 25.7. The smallest absolute Gasteiger partial charge is 0.330 e. The molecule has 0 bridgehead atoms. The molecule has 14 nitrogen and oxygen atoms in total. The molecule has 0 spiro atoms. The SMILES string of the molecule is CCN(CC)CC.COc1ccc(C(O[C@H]2[C@@H](O[Si](C)(C)C(C)(C)C)[C@H](n3ccc(=O)[nH]c3=O)O[C@@H]2COC(=O)CCC(=O)O)(c2ccccc2)c2ccc(OC)cc2)cc1. The quantitative estimate of drug-likeness (QED) is 0.0600. The zero-order chi connectivity index (χ0) is 45.0. The second-order valence-corrected chi connectivity index (χ2v) is 21.0. The highest BCUT2D eigenvalue weighted by molar-refractivity contribution is 6.74. The topological polar surface area (TPSA) is 168 Å². The van der Waals surface area contributed by atoms with Gasteiger partial charge in [0, 0.05) is 12.3 Å². The number of carbonyl (C=O) groups excluding carboxylic acids is 1. The first-order valence-electron chi connectivity index (χ1n) is 20.7. The van der Waals surface area contributed by atoms with E-state index in [1.165, 1.54) is 36.5 Å². The number of ether oxygens (including phenoxy) is 5.